The lowest BCUT2D eigenvalue weighted by Crippen LogP contribution is -2.12. The van der Waals surface area contributed by atoms with Gasteiger partial charge in [-0.1, -0.05) is 158 Å². The fourth-order valence-electron chi connectivity index (χ4n) is 8.24. The van der Waals surface area contributed by atoms with Crippen molar-refractivity contribution in [2.24, 2.45) is 0 Å². The molecule has 0 bridgehead atoms. The molecular formula is C50H31NOS. The number of thiophene rings is 1. The molecule has 0 amide bonds. The molecule has 0 atom stereocenters. The Kier molecular flexibility index (Phi) is 6.76. The SMILES string of the molecule is c1ccc(-c2ccccc2N(c2cc3sc4cc5ccccc5cc4c3c3ccccc23)c2cccc3c2oc2c(-c4ccccc4)cccc23)cc1. The van der Waals surface area contributed by atoms with Gasteiger partial charge in [-0.3, -0.25) is 0 Å². The molecule has 0 saturated heterocycles. The van der Waals surface area contributed by atoms with E-state index in [9.17, 15) is 0 Å². The van der Waals surface area contributed by atoms with Crippen molar-refractivity contribution in [3.63, 3.8) is 0 Å². The van der Waals surface area contributed by atoms with Crippen molar-refractivity contribution < 1.29 is 4.42 Å². The van der Waals surface area contributed by atoms with Crippen LogP contribution in [0.5, 0.6) is 0 Å². The molecule has 0 aliphatic carbocycles. The predicted octanol–water partition coefficient (Wildman–Crippen LogP) is 15.1. The van der Waals surface area contributed by atoms with Crippen LogP contribution in [0.3, 0.4) is 0 Å². The number of furan rings is 1. The topological polar surface area (TPSA) is 16.4 Å². The summed E-state index contributed by atoms with van der Waals surface area (Å²) in [5.41, 5.74) is 9.50. The Bertz CT molecular complexity index is 3180. The van der Waals surface area contributed by atoms with Gasteiger partial charge in [0.25, 0.3) is 0 Å². The number of nitrogens with zero attached hydrogens (tertiary/aromatic N) is 1. The number of anilines is 3. The summed E-state index contributed by atoms with van der Waals surface area (Å²) in [7, 11) is 0. The normalized spacial score (nSPS) is 11.8. The number of fused-ring (bicyclic) bond motifs is 9. The third-order valence-corrected chi connectivity index (χ3v) is 11.7. The molecule has 0 saturated carbocycles. The lowest BCUT2D eigenvalue weighted by atomic mass is 9.97. The molecule has 248 valence electrons. The van der Waals surface area contributed by atoms with Crippen molar-refractivity contribution in [2.45, 2.75) is 0 Å². The molecule has 0 N–H and O–H groups in total. The van der Waals surface area contributed by atoms with Crippen LogP contribution in [0.4, 0.5) is 17.1 Å². The van der Waals surface area contributed by atoms with Crippen LogP contribution in [0.15, 0.2) is 192 Å². The highest BCUT2D eigenvalue weighted by molar-refractivity contribution is 7.26. The Morgan fingerprint density at radius 1 is 0.358 bits per heavy atom. The molecule has 53 heavy (non-hydrogen) atoms. The molecule has 11 aromatic rings. The minimum Gasteiger partial charge on any atom is -0.453 e. The first-order chi connectivity index (χ1) is 26.3. The zero-order chi connectivity index (χ0) is 34.9. The molecule has 0 unspecified atom stereocenters. The van der Waals surface area contributed by atoms with Gasteiger partial charge in [0.15, 0.2) is 5.58 Å². The van der Waals surface area contributed by atoms with Gasteiger partial charge in [-0.25, -0.2) is 0 Å². The molecule has 2 nitrogen and oxygen atoms in total. The van der Waals surface area contributed by atoms with Gasteiger partial charge < -0.3 is 9.32 Å². The molecule has 0 fully saturated rings. The van der Waals surface area contributed by atoms with Gasteiger partial charge in [0.05, 0.1) is 17.1 Å². The molecule has 0 radical (unpaired) electrons. The zero-order valence-electron chi connectivity index (χ0n) is 28.7. The highest BCUT2D eigenvalue weighted by Crippen LogP contribution is 2.51. The van der Waals surface area contributed by atoms with E-state index in [1.165, 1.54) is 41.7 Å². The molecule has 0 aliphatic heterocycles. The lowest BCUT2D eigenvalue weighted by molar-refractivity contribution is 0.670. The summed E-state index contributed by atoms with van der Waals surface area (Å²) < 4.78 is 9.65. The minimum atomic E-state index is 0.862. The summed E-state index contributed by atoms with van der Waals surface area (Å²) >= 11 is 1.87. The van der Waals surface area contributed by atoms with Crippen LogP contribution in [0.1, 0.15) is 0 Å². The first-order valence-electron chi connectivity index (χ1n) is 18.0. The van der Waals surface area contributed by atoms with E-state index in [-0.39, 0.29) is 0 Å². The largest absolute Gasteiger partial charge is 0.453 e. The maximum absolute atomic E-state index is 7.09. The monoisotopic (exact) mass is 693 g/mol. The highest BCUT2D eigenvalue weighted by Gasteiger charge is 2.25. The number of hydrogen-bond donors (Lipinski definition) is 0. The number of benzene rings is 9. The summed E-state index contributed by atoms with van der Waals surface area (Å²) in [6.07, 6.45) is 0. The molecular weight excluding hydrogens is 663 g/mol. The third-order valence-electron chi connectivity index (χ3n) is 10.6. The van der Waals surface area contributed by atoms with Crippen LogP contribution < -0.4 is 4.90 Å². The molecule has 0 aliphatic rings. The van der Waals surface area contributed by atoms with E-state index < -0.39 is 0 Å². The lowest BCUT2D eigenvalue weighted by Gasteiger charge is -2.29. The standard InChI is InChI=1S/C50H31NOS/c1-3-15-32(16-4-1)36-21-11-12-27-43(36)51(44-28-14-26-41-40-25-13-24-37(49(40)52-50(41)44)33-17-5-2-6-18-33)45-31-47-48(39-23-10-9-22-38(39)45)42-29-34-19-7-8-20-35(34)30-46(42)53-47/h1-31H. The highest BCUT2D eigenvalue weighted by atomic mass is 32.1. The van der Waals surface area contributed by atoms with E-state index in [0.717, 1.165) is 61.3 Å². The Balaban J connectivity index is 1.25. The maximum atomic E-state index is 7.09. The van der Waals surface area contributed by atoms with E-state index >= 15 is 0 Å². The average Bonchev–Trinajstić information content (AvgIpc) is 3.79. The maximum Gasteiger partial charge on any atom is 0.159 e. The predicted molar refractivity (Wildman–Crippen MR) is 227 cm³/mol. The second kappa shape index (κ2) is 11.9. The van der Waals surface area contributed by atoms with E-state index in [2.05, 4.69) is 193 Å². The third kappa shape index (κ3) is 4.71. The van der Waals surface area contributed by atoms with E-state index in [4.69, 9.17) is 4.42 Å². The quantitative estimate of drug-likeness (QED) is 0.178. The fourth-order valence-corrected chi connectivity index (χ4v) is 9.42. The van der Waals surface area contributed by atoms with Crippen LogP contribution in [-0.2, 0) is 0 Å². The van der Waals surface area contributed by atoms with Gasteiger partial charge in [0.1, 0.15) is 5.58 Å². The molecule has 2 aromatic heterocycles. The summed E-state index contributed by atoms with van der Waals surface area (Å²) in [5, 5.41) is 9.77. The van der Waals surface area contributed by atoms with Gasteiger partial charge in [-0.05, 0) is 57.6 Å². The van der Waals surface area contributed by atoms with Gasteiger partial charge in [-0.15, -0.1) is 11.3 Å². The Morgan fingerprint density at radius 2 is 0.925 bits per heavy atom. The van der Waals surface area contributed by atoms with E-state index in [1.807, 2.05) is 11.3 Å². The van der Waals surface area contributed by atoms with Crippen LogP contribution in [0.2, 0.25) is 0 Å². The van der Waals surface area contributed by atoms with Crippen LogP contribution in [0, 0.1) is 0 Å². The first kappa shape index (κ1) is 30.0. The Hall–Kier alpha value is -6.68. The van der Waals surface area contributed by atoms with Crippen molar-refractivity contribution in [1.29, 1.82) is 0 Å². The van der Waals surface area contributed by atoms with Crippen LogP contribution >= 0.6 is 11.3 Å². The zero-order valence-corrected chi connectivity index (χ0v) is 29.5. The van der Waals surface area contributed by atoms with Crippen LogP contribution in [0.25, 0.3) is 85.9 Å². The summed E-state index contributed by atoms with van der Waals surface area (Å²) in [5.74, 6) is 0. The Labute approximate surface area is 310 Å². The minimum absolute atomic E-state index is 0.862. The number of para-hydroxylation sites is 3. The van der Waals surface area contributed by atoms with Crippen molar-refractivity contribution in [2.75, 3.05) is 4.90 Å². The first-order valence-corrected chi connectivity index (χ1v) is 18.8. The van der Waals surface area contributed by atoms with Gasteiger partial charge >= 0.3 is 0 Å². The van der Waals surface area contributed by atoms with Gasteiger partial charge in [-0.2, -0.15) is 0 Å². The Morgan fingerprint density at radius 3 is 1.72 bits per heavy atom. The summed E-state index contributed by atoms with van der Waals surface area (Å²) in [6.45, 7) is 0. The molecule has 2 heterocycles. The second-order valence-electron chi connectivity index (χ2n) is 13.6. The molecule has 11 rings (SSSR count). The summed E-state index contributed by atoms with van der Waals surface area (Å²) in [4.78, 5) is 2.44. The summed E-state index contributed by atoms with van der Waals surface area (Å²) in [6, 6.07) is 67.8. The van der Waals surface area contributed by atoms with E-state index in [1.54, 1.807) is 0 Å². The van der Waals surface area contributed by atoms with Crippen molar-refractivity contribution in [1.82, 2.24) is 0 Å². The smallest absolute Gasteiger partial charge is 0.159 e. The van der Waals surface area contributed by atoms with Gasteiger partial charge in [0, 0.05) is 47.5 Å². The van der Waals surface area contributed by atoms with Crippen molar-refractivity contribution in [3.05, 3.63) is 188 Å². The van der Waals surface area contributed by atoms with Gasteiger partial charge in [0.2, 0.25) is 0 Å². The molecule has 9 aromatic carbocycles. The van der Waals surface area contributed by atoms with E-state index in [0.29, 0.717) is 0 Å². The average molecular weight is 694 g/mol. The van der Waals surface area contributed by atoms with Crippen molar-refractivity contribution >= 4 is 92.1 Å². The second-order valence-corrected chi connectivity index (χ2v) is 14.7. The number of hydrogen-bond acceptors (Lipinski definition) is 3. The fraction of sp³-hybridized carbons (Fsp3) is 0. The van der Waals surface area contributed by atoms with Crippen molar-refractivity contribution in [3.8, 4) is 22.3 Å². The number of rotatable bonds is 5. The van der Waals surface area contributed by atoms with Crippen LogP contribution in [-0.4, -0.2) is 0 Å². The molecule has 0 spiro atoms. The molecule has 3 heteroatoms.